The Labute approximate surface area is 95.2 Å². The van der Waals surface area contributed by atoms with Crippen molar-refractivity contribution in [3.63, 3.8) is 0 Å². The Balaban J connectivity index is 2.59. The van der Waals surface area contributed by atoms with Crippen LogP contribution in [0.4, 0.5) is 5.69 Å². The van der Waals surface area contributed by atoms with Crippen molar-refractivity contribution in [2.24, 2.45) is 11.5 Å². The van der Waals surface area contributed by atoms with E-state index in [1.54, 1.807) is 12.3 Å². The van der Waals surface area contributed by atoms with Crippen molar-refractivity contribution >= 4 is 11.6 Å². The van der Waals surface area contributed by atoms with E-state index in [-0.39, 0.29) is 5.69 Å². The normalized spacial score (nSPS) is 12.1. The van der Waals surface area contributed by atoms with Gasteiger partial charge in [-0.25, -0.2) is 0 Å². The van der Waals surface area contributed by atoms with Gasteiger partial charge in [-0.15, -0.1) is 0 Å². The van der Waals surface area contributed by atoms with E-state index in [1.165, 1.54) is 0 Å². The van der Waals surface area contributed by atoms with Crippen LogP contribution in [0.1, 0.15) is 30.3 Å². The van der Waals surface area contributed by atoms with E-state index in [0.717, 1.165) is 18.5 Å². The van der Waals surface area contributed by atoms with Crippen LogP contribution in [0.2, 0.25) is 0 Å². The molecule has 88 valence electrons. The zero-order valence-electron chi connectivity index (χ0n) is 9.44. The first kappa shape index (κ1) is 12.4. The van der Waals surface area contributed by atoms with Crippen LogP contribution in [-0.4, -0.2) is 23.5 Å². The molecule has 0 aliphatic carbocycles. The Morgan fingerprint density at radius 3 is 3.00 bits per heavy atom. The minimum absolute atomic E-state index is 0.274. The lowest BCUT2D eigenvalue weighted by molar-refractivity contribution is 0.0995. The smallest absolute Gasteiger partial charge is 0.267 e. The highest BCUT2D eigenvalue weighted by Gasteiger charge is 2.05. The van der Waals surface area contributed by atoms with Crippen molar-refractivity contribution in [3.05, 3.63) is 24.0 Å². The first-order chi connectivity index (χ1) is 7.63. The molecule has 1 aromatic heterocycles. The second-order valence-corrected chi connectivity index (χ2v) is 3.77. The SMILES string of the molecule is CC(CCCN)Nc1ccnc(C(N)=O)c1. The van der Waals surface area contributed by atoms with Gasteiger partial charge in [-0.05, 0) is 38.4 Å². The number of hydrogen-bond acceptors (Lipinski definition) is 4. The van der Waals surface area contributed by atoms with Gasteiger partial charge in [0.15, 0.2) is 0 Å². The number of carbonyl (C=O) groups excluding carboxylic acids is 1. The first-order valence-electron chi connectivity index (χ1n) is 5.36. The van der Waals surface area contributed by atoms with Crippen molar-refractivity contribution in [2.75, 3.05) is 11.9 Å². The largest absolute Gasteiger partial charge is 0.382 e. The summed E-state index contributed by atoms with van der Waals surface area (Å²) >= 11 is 0. The lowest BCUT2D eigenvalue weighted by Gasteiger charge is -2.14. The third kappa shape index (κ3) is 3.86. The molecule has 1 rings (SSSR count). The van der Waals surface area contributed by atoms with Crippen LogP contribution in [0.25, 0.3) is 0 Å². The van der Waals surface area contributed by atoms with Crippen molar-refractivity contribution in [3.8, 4) is 0 Å². The predicted octanol–water partition coefficient (Wildman–Crippen LogP) is 0.720. The molecular weight excluding hydrogens is 204 g/mol. The van der Waals surface area contributed by atoms with E-state index in [1.807, 2.05) is 6.07 Å². The minimum atomic E-state index is -0.515. The topological polar surface area (TPSA) is 94.0 Å². The van der Waals surface area contributed by atoms with E-state index in [9.17, 15) is 4.79 Å². The van der Waals surface area contributed by atoms with Gasteiger partial charge in [-0.1, -0.05) is 0 Å². The lowest BCUT2D eigenvalue weighted by atomic mass is 10.1. The molecule has 1 amide bonds. The van der Waals surface area contributed by atoms with Crippen LogP contribution >= 0.6 is 0 Å². The van der Waals surface area contributed by atoms with Crippen molar-refractivity contribution in [1.29, 1.82) is 0 Å². The van der Waals surface area contributed by atoms with Gasteiger partial charge >= 0.3 is 0 Å². The van der Waals surface area contributed by atoms with Crippen LogP contribution in [0, 0.1) is 0 Å². The predicted molar refractivity (Wildman–Crippen MR) is 64.1 cm³/mol. The molecule has 1 heterocycles. The summed E-state index contributed by atoms with van der Waals surface area (Å²) in [5.41, 5.74) is 11.7. The summed E-state index contributed by atoms with van der Waals surface area (Å²) in [5.74, 6) is -0.515. The third-order valence-corrected chi connectivity index (χ3v) is 2.27. The molecule has 1 unspecified atom stereocenters. The maximum atomic E-state index is 10.9. The summed E-state index contributed by atoms with van der Waals surface area (Å²) in [4.78, 5) is 14.8. The molecule has 0 aliphatic heterocycles. The van der Waals surface area contributed by atoms with Gasteiger partial charge in [-0.3, -0.25) is 9.78 Å². The zero-order chi connectivity index (χ0) is 12.0. The van der Waals surface area contributed by atoms with Gasteiger partial charge in [0.2, 0.25) is 0 Å². The standard InChI is InChI=1S/C11H18N4O/c1-8(3-2-5-12)15-9-4-6-14-10(7-9)11(13)16/h4,6-8H,2-3,5,12H2,1H3,(H2,13,16)(H,14,15). The minimum Gasteiger partial charge on any atom is -0.382 e. The fraction of sp³-hybridized carbons (Fsp3) is 0.455. The second kappa shape index (κ2) is 6.07. The number of nitrogens with two attached hydrogens (primary N) is 2. The molecule has 0 aromatic carbocycles. The van der Waals surface area contributed by atoms with Crippen LogP contribution in [0.15, 0.2) is 18.3 Å². The van der Waals surface area contributed by atoms with Crippen LogP contribution in [-0.2, 0) is 0 Å². The molecule has 5 nitrogen and oxygen atoms in total. The number of rotatable bonds is 6. The maximum Gasteiger partial charge on any atom is 0.267 e. The van der Waals surface area contributed by atoms with Gasteiger partial charge < -0.3 is 16.8 Å². The number of nitrogens with zero attached hydrogens (tertiary/aromatic N) is 1. The number of carbonyl (C=O) groups is 1. The Bertz CT molecular complexity index is 354. The molecule has 0 bridgehead atoms. The van der Waals surface area contributed by atoms with Crippen molar-refractivity contribution in [2.45, 2.75) is 25.8 Å². The Morgan fingerprint density at radius 1 is 1.62 bits per heavy atom. The van der Waals surface area contributed by atoms with Crippen molar-refractivity contribution in [1.82, 2.24) is 4.98 Å². The van der Waals surface area contributed by atoms with E-state index < -0.39 is 5.91 Å². The molecule has 0 aliphatic rings. The molecule has 5 N–H and O–H groups in total. The summed E-state index contributed by atoms with van der Waals surface area (Å²) in [6.07, 6.45) is 3.53. The quantitative estimate of drug-likeness (QED) is 0.661. The number of primary amides is 1. The first-order valence-corrected chi connectivity index (χ1v) is 5.36. The molecule has 0 spiro atoms. The highest BCUT2D eigenvalue weighted by atomic mass is 16.1. The summed E-state index contributed by atoms with van der Waals surface area (Å²) in [5, 5.41) is 3.27. The summed E-state index contributed by atoms with van der Waals surface area (Å²) in [6, 6.07) is 3.78. The number of amides is 1. The van der Waals surface area contributed by atoms with Crippen molar-refractivity contribution < 1.29 is 4.79 Å². The number of aromatic nitrogens is 1. The molecule has 0 radical (unpaired) electrons. The van der Waals surface area contributed by atoms with E-state index in [4.69, 9.17) is 11.5 Å². The molecule has 5 heteroatoms. The average molecular weight is 222 g/mol. The number of nitrogens with one attached hydrogen (secondary N) is 1. The zero-order valence-corrected chi connectivity index (χ0v) is 9.44. The third-order valence-electron chi connectivity index (χ3n) is 2.27. The molecule has 0 saturated carbocycles. The maximum absolute atomic E-state index is 10.9. The molecule has 0 saturated heterocycles. The van der Waals surface area contributed by atoms with Gasteiger partial charge in [-0.2, -0.15) is 0 Å². The fourth-order valence-corrected chi connectivity index (χ4v) is 1.44. The second-order valence-electron chi connectivity index (χ2n) is 3.77. The highest BCUT2D eigenvalue weighted by Crippen LogP contribution is 2.11. The van der Waals surface area contributed by atoms with Gasteiger partial charge in [0.25, 0.3) is 5.91 Å². The summed E-state index contributed by atoms with van der Waals surface area (Å²) in [7, 11) is 0. The number of pyridine rings is 1. The Morgan fingerprint density at radius 2 is 2.38 bits per heavy atom. The van der Waals surface area contributed by atoms with E-state index >= 15 is 0 Å². The molecule has 0 fully saturated rings. The molecular formula is C11H18N4O. The fourth-order valence-electron chi connectivity index (χ4n) is 1.44. The summed E-state index contributed by atoms with van der Waals surface area (Å²) < 4.78 is 0. The highest BCUT2D eigenvalue weighted by molar-refractivity contribution is 5.91. The number of anilines is 1. The van der Waals surface area contributed by atoms with Crippen LogP contribution < -0.4 is 16.8 Å². The van der Waals surface area contributed by atoms with Crippen LogP contribution in [0.3, 0.4) is 0 Å². The van der Waals surface area contributed by atoms with E-state index in [0.29, 0.717) is 12.6 Å². The molecule has 1 aromatic rings. The van der Waals surface area contributed by atoms with Crippen LogP contribution in [0.5, 0.6) is 0 Å². The summed E-state index contributed by atoms with van der Waals surface area (Å²) in [6.45, 7) is 2.76. The Kier molecular flexibility index (Phi) is 4.72. The number of hydrogen-bond donors (Lipinski definition) is 3. The average Bonchev–Trinajstić information content (AvgIpc) is 2.26. The van der Waals surface area contributed by atoms with Gasteiger partial charge in [0, 0.05) is 17.9 Å². The monoisotopic (exact) mass is 222 g/mol. The molecule has 1 atom stereocenters. The van der Waals surface area contributed by atoms with Gasteiger partial charge in [0.05, 0.1) is 0 Å². The van der Waals surface area contributed by atoms with E-state index in [2.05, 4.69) is 17.2 Å². The Hall–Kier alpha value is -1.62. The lowest BCUT2D eigenvalue weighted by Crippen LogP contribution is -2.18. The van der Waals surface area contributed by atoms with Gasteiger partial charge in [0.1, 0.15) is 5.69 Å². The molecule has 16 heavy (non-hydrogen) atoms.